The molecule has 1 aliphatic heterocycles. The summed E-state index contributed by atoms with van der Waals surface area (Å²) in [7, 11) is 0. The van der Waals surface area contributed by atoms with Crippen LogP contribution in [0.15, 0.2) is 36.4 Å². The number of piperazine rings is 1. The van der Waals surface area contributed by atoms with Crippen molar-refractivity contribution in [2.75, 3.05) is 22.9 Å². The van der Waals surface area contributed by atoms with Crippen LogP contribution in [0.4, 0.5) is 11.4 Å². The molecule has 1 fully saturated rings. The molecule has 3 rings (SSSR count). The minimum absolute atomic E-state index is 0.0585. The van der Waals surface area contributed by atoms with Gasteiger partial charge in [0.25, 0.3) is 0 Å². The fourth-order valence-corrected chi connectivity index (χ4v) is 4.19. The van der Waals surface area contributed by atoms with Crippen molar-refractivity contribution in [1.29, 1.82) is 0 Å². The molecule has 6 heteroatoms. The summed E-state index contributed by atoms with van der Waals surface area (Å²) in [6.07, 6.45) is 0. The number of hydrogen-bond donors (Lipinski definition) is 0. The molecule has 0 radical (unpaired) electrons. The van der Waals surface area contributed by atoms with E-state index in [1.807, 2.05) is 50.2 Å². The Labute approximate surface area is 168 Å². The zero-order valence-corrected chi connectivity index (χ0v) is 17.7. The van der Waals surface area contributed by atoms with Crippen molar-refractivity contribution in [3.8, 4) is 0 Å². The molecule has 1 heterocycles. The lowest BCUT2D eigenvalue weighted by atomic mass is 10.1. The molecule has 0 spiro atoms. The first-order chi connectivity index (χ1) is 11.4. The van der Waals surface area contributed by atoms with Crippen LogP contribution >= 0.6 is 45.2 Å². The van der Waals surface area contributed by atoms with Gasteiger partial charge in [0.05, 0.1) is 0 Å². The number of halogens is 2. The maximum absolute atomic E-state index is 12.7. The van der Waals surface area contributed by atoms with E-state index in [1.54, 1.807) is 9.80 Å². The summed E-state index contributed by atoms with van der Waals surface area (Å²) < 4.78 is 2.22. The van der Waals surface area contributed by atoms with Gasteiger partial charge >= 0.3 is 0 Å². The number of amides is 2. The average molecular weight is 546 g/mol. The second-order valence-electron chi connectivity index (χ2n) is 5.82. The summed E-state index contributed by atoms with van der Waals surface area (Å²) in [6, 6.07) is 11.8. The van der Waals surface area contributed by atoms with Crippen LogP contribution in [-0.4, -0.2) is 24.9 Å². The Morgan fingerprint density at radius 3 is 1.46 bits per heavy atom. The Bertz CT molecular complexity index is 766. The van der Waals surface area contributed by atoms with Gasteiger partial charge in [-0.1, -0.05) is 0 Å². The Morgan fingerprint density at radius 1 is 0.750 bits per heavy atom. The number of anilines is 2. The Morgan fingerprint density at radius 2 is 1.12 bits per heavy atom. The van der Waals surface area contributed by atoms with Crippen molar-refractivity contribution >= 4 is 68.4 Å². The van der Waals surface area contributed by atoms with Crippen molar-refractivity contribution in [1.82, 2.24) is 0 Å². The molecule has 0 saturated carbocycles. The number of rotatable bonds is 2. The molecule has 2 aromatic carbocycles. The van der Waals surface area contributed by atoms with E-state index in [2.05, 4.69) is 45.2 Å². The molecule has 2 aromatic rings. The molecule has 0 unspecified atom stereocenters. The van der Waals surface area contributed by atoms with Crippen LogP contribution in [0.3, 0.4) is 0 Å². The lowest BCUT2D eigenvalue weighted by molar-refractivity contribution is -0.125. The predicted molar refractivity (Wildman–Crippen MR) is 112 cm³/mol. The zero-order valence-electron chi connectivity index (χ0n) is 13.3. The molecule has 124 valence electrons. The van der Waals surface area contributed by atoms with E-state index >= 15 is 0 Å². The standard InChI is InChI=1S/C18H16I2N2O2/c1-11-7-13(19)3-5-15(11)21-9-18(24)22(10-17(21)23)16-6-4-14(20)8-12(16)2/h3-8H,9-10H2,1-2H3. The van der Waals surface area contributed by atoms with Crippen LogP contribution < -0.4 is 9.80 Å². The summed E-state index contributed by atoms with van der Waals surface area (Å²) in [4.78, 5) is 28.5. The minimum atomic E-state index is -0.0585. The van der Waals surface area contributed by atoms with E-state index in [-0.39, 0.29) is 24.9 Å². The first kappa shape index (κ1) is 17.7. The summed E-state index contributed by atoms with van der Waals surface area (Å²) in [5.41, 5.74) is 3.63. The van der Waals surface area contributed by atoms with Crippen molar-refractivity contribution in [2.45, 2.75) is 13.8 Å². The van der Waals surface area contributed by atoms with Crippen molar-refractivity contribution < 1.29 is 9.59 Å². The summed E-state index contributed by atoms with van der Waals surface area (Å²) in [5, 5.41) is 0. The maximum Gasteiger partial charge on any atom is 0.247 e. The van der Waals surface area contributed by atoms with E-state index in [9.17, 15) is 9.59 Å². The molecule has 0 atom stereocenters. The first-order valence-corrected chi connectivity index (χ1v) is 9.65. The van der Waals surface area contributed by atoms with E-state index in [0.717, 1.165) is 29.6 Å². The molecule has 0 N–H and O–H groups in total. The second-order valence-corrected chi connectivity index (χ2v) is 8.31. The third-order valence-corrected chi connectivity index (χ3v) is 5.43. The molecule has 1 aliphatic rings. The van der Waals surface area contributed by atoms with Crippen molar-refractivity contribution in [2.24, 2.45) is 0 Å². The predicted octanol–water partition coefficient (Wildman–Crippen LogP) is 3.89. The van der Waals surface area contributed by atoms with Gasteiger partial charge in [0.2, 0.25) is 11.8 Å². The van der Waals surface area contributed by atoms with Crippen LogP contribution in [0.1, 0.15) is 11.1 Å². The minimum Gasteiger partial charge on any atom is -0.301 e. The SMILES string of the molecule is Cc1cc(I)ccc1N1CC(=O)N(c2ccc(I)cc2C)CC1=O. The number of benzene rings is 2. The number of nitrogens with zero attached hydrogens (tertiary/aromatic N) is 2. The quantitative estimate of drug-likeness (QED) is 0.537. The molecule has 24 heavy (non-hydrogen) atoms. The summed E-state index contributed by atoms with van der Waals surface area (Å²) >= 11 is 4.48. The number of carbonyl (C=O) groups excluding carboxylic acids is 2. The van der Waals surface area contributed by atoms with Gasteiger partial charge in [0.1, 0.15) is 13.1 Å². The van der Waals surface area contributed by atoms with Gasteiger partial charge in [-0.25, -0.2) is 0 Å². The van der Waals surface area contributed by atoms with E-state index in [0.29, 0.717) is 0 Å². The van der Waals surface area contributed by atoms with Gasteiger partial charge in [-0.2, -0.15) is 0 Å². The number of carbonyl (C=O) groups is 2. The average Bonchev–Trinajstić information content (AvgIpc) is 2.50. The van der Waals surface area contributed by atoms with Crippen molar-refractivity contribution in [3.05, 3.63) is 54.7 Å². The van der Waals surface area contributed by atoms with Crippen LogP contribution in [0, 0.1) is 21.0 Å². The van der Waals surface area contributed by atoms with E-state index < -0.39 is 0 Å². The molecular formula is C18H16I2N2O2. The van der Waals surface area contributed by atoms with Gasteiger partial charge in [-0.05, 0) is 107 Å². The zero-order chi connectivity index (χ0) is 17.4. The third kappa shape index (κ3) is 3.44. The van der Waals surface area contributed by atoms with Crippen LogP contribution in [0.5, 0.6) is 0 Å². The molecule has 0 bridgehead atoms. The Hall–Kier alpha value is -1.16. The van der Waals surface area contributed by atoms with Crippen LogP contribution in [0.25, 0.3) is 0 Å². The van der Waals surface area contributed by atoms with E-state index in [4.69, 9.17) is 0 Å². The van der Waals surface area contributed by atoms with Gasteiger partial charge in [-0.15, -0.1) is 0 Å². The van der Waals surface area contributed by atoms with Gasteiger partial charge < -0.3 is 9.80 Å². The van der Waals surface area contributed by atoms with Crippen molar-refractivity contribution in [3.63, 3.8) is 0 Å². The fraction of sp³-hybridized carbons (Fsp3) is 0.222. The molecule has 0 aromatic heterocycles. The van der Waals surface area contributed by atoms with Crippen LogP contribution in [0.2, 0.25) is 0 Å². The molecule has 0 aliphatic carbocycles. The molecule has 4 nitrogen and oxygen atoms in total. The summed E-state index contributed by atoms with van der Waals surface area (Å²) in [5.74, 6) is -0.117. The highest BCUT2D eigenvalue weighted by atomic mass is 127. The smallest absolute Gasteiger partial charge is 0.247 e. The largest absolute Gasteiger partial charge is 0.301 e. The lowest BCUT2D eigenvalue weighted by Gasteiger charge is -2.35. The first-order valence-electron chi connectivity index (χ1n) is 7.50. The Kier molecular flexibility index (Phi) is 5.14. The normalized spacial score (nSPS) is 15.2. The highest BCUT2D eigenvalue weighted by molar-refractivity contribution is 14.1. The molecular weight excluding hydrogens is 530 g/mol. The molecule has 2 amide bonds. The topological polar surface area (TPSA) is 40.6 Å². The highest BCUT2D eigenvalue weighted by Gasteiger charge is 2.32. The third-order valence-electron chi connectivity index (χ3n) is 4.09. The highest BCUT2D eigenvalue weighted by Crippen LogP contribution is 2.28. The fourth-order valence-electron chi connectivity index (χ4n) is 2.90. The van der Waals surface area contributed by atoms with Gasteiger partial charge in [-0.3, -0.25) is 9.59 Å². The number of aryl methyl sites for hydroxylation is 2. The van der Waals surface area contributed by atoms with Gasteiger partial charge in [0.15, 0.2) is 0 Å². The second kappa shape index (κ2) is 6.99. The Balaban J connectivity index is 1.89. The summed E-state index contributed by atoms with van der Waals surface area (Å²) in [6.45, 7) is 4.08. The van der Waals surface area contributed by atoms with Gasteiger partial charge in [0, 0.05) is 18.5 Å². The maximum atomic E-state index is 12.7. The molecule has 1 saturated heterocycles. The van der Waals surface area contributed by atoms with Crippen LogP contribution in [-0.2, 0) is 9.59 Å². The number of hydrogen-bond acceptors (Lipinski definition) is 2. The van der Waals surface area contributed by atoms with E-state index in [1.165, 1.54) is 0 Å². The monoisotopic (exact) mass is 546 g/mol. The lowest BCUT2D eigenvalue weighted by Crippen LogP contribution is -2.54.